The third kappa shape index (κ3) is 7.04. The molecule has 1 unspecified atom stereocenters. The molecule has 0 spiro atoms. The number of hydrogen-bond acceptors (Lipinski definition) is 5. The number of aromatic nitrogens is 2. The number of carbonyl (C=O) groups excluding carboxylic acids is 1. The van der Waals surface area contributed by atoms with E-state index in [1.807, 2.05) is 67.6 Å². The molecule has 1 aromatic heterocycles. The molecule has 0 saturated heterocycles. The fourth-order valence-electron chi connectivity index (χ4n) is 3.57. The molecule has 3 aromatic rings. The summed E-state index contributed by atoms with van der Waals surface area (Å²) in [7, 11) is 3.35. The minimum absolute atomic E-state index is 0.0204. The maximum Gasteiger partial charge on any atom is 0.257 e. The first-order valence-electron chi connectivity index (χ1n) is 11.1. The van der Waals surface area contributed by atoms with Gasteiger partial charge in [-0.1, -0.05) is 72.4 Å². The maximum absolute atomic E-state index is 13.1. The van der Waals surface area contributed by atoms with Gasteiger partial charge < -0.3 is 10.1 Å². The minimum Gasteiger partial charge on any atom is -0.378 e. The highest BCUT2D eigenvalue weighted by atomic mass is 32.2. The zero-order chi connectivity index (χ0) is 23.6. The number of nitrogens with one attached hydrogen (secondary N) is 1. The number of amides is 1. The van der Waals surface area contributed by atoms with E-state index in [1.165, 1.54) is 11.8 Å². The van der Waals surface area contributed by atoms with Crippen molar-refractivity contribution in [1.29, 1.82) is 0 Å². The highest BCUT2D eigenvalue weighted by molar-refractivity contribution is 7.99. The number of nitrogens with zero attached hydrogens (tertiary/aromatic N) is 2. The summed E-state index contributed by atoms with van der Waals surface area (Å²) in [5.41, 5.74) is 3.41. The molecule has 174 valence electrons. The third-order valence-corrected chi connectivity index (χ3v) is 6.51. The molecule has 6 nitrogen and oxygen atoms in total. The van der Waals surface area contributed by atoms with Crippen LogP contribution in [0.3, 0.4) is 0 Å². The van der Waals surface area contributed by atoms with Crippen LogP contribution in [0.1, 0.15) is 48.2 Å². The smallest absolute Gasteiger partial charge is 0.257 e. The molecule has 0 radical (unpaired) electrons. The Kier molecular flexibility index (Phi) is 9.27. The van der Waals surface area contributed by atoms with Crippen molar-refractivity contribution in [2.75, 3.05) is 12.9 Å². The molecule has 0 bridgehead atoms. The Morgan fingerprint density at radius 3 is 2.45 bits per heavy atom. The van der Waals surface area contributed by atoms with Crippen LogP contribution in [0.4, 0.5) is 0 Å². The summed E-state index contributed by atoms with van der Waals surface area (Å²) in [4.78, 5) is 30.1. The van der Waals surface area contributed by atoms with Crippen molar-refractivity contribution in [2.24, 2.45) is 7.05 Å². The Bertz CT molecular complexity index is 1100. The lowest BCUT2D eigenvalue weighted by molar-refractivity contribution is -0.121. The van der Waals surface area contributed by atoms with Crippen molar-refractivity contribution in [1.82, 2.24) is 14.9 Å². The van der Waals surface area contributed by atoms with E-state index >= 15 is 0 Å². The first-order valence-corrected chi connectivity index (χ1v) is 12.1. The summed E-state index contributed by atoms with van der Waals surface area (Å²) >= 11 is 1.49. The molecule has 33 heavy (non-hydrogen) atoms. The largest absolute Gasteiger partial charge is 0.378 e. The second kappa shape index (κ2) is 12.4. The average molecular weight is 466 g/mol. The van der Waals surface area contributed by atoms with Gasteiger partial charge in [0.1, 0.15) is 0 Å². The average Bonchev–Trinajstić information content (AvgIpc) is 2.83. The van der Waals surface area contributed by atoms with Crippen molar-refractivity contribution >= 4 is 17.7 Å². The van der Waals surface area contributed by atoms with Crippen molar-refractivity contribution in [3.63, 3.8) is 0 Å². The molecule has 2 aromatic carbocycles. The van der Waals surface area contributed by atoms with E-state index in [0.717, 1.165) is 11.1 Å². The van der Waals surface area contributed by atoms with Crippen LogP contribution in [0.5, 0.6) is 0 Å². The SMILES string of the molecule is COCc1nc(SCCCC(=O)NC(C)c2ccccc2)n(C)c(=O)c1Cc1ccccc1. The Hall–Kier alpha value is -2.90. The number of benzene rings is 2. The first-order chi connectivity index (χ1) is 16.0. The van der Waals surface area contributed by atoms with Gasteiger partial charge in [-0.2, -0.15) is 0 Å². The normalized spacial score (nSPS) is 11.8. The Labute approximate surface area is 199 Å². The highest BCUT2D eigenvalue weighted by Gasteiger charge is 2.16. The predicted octanol–water partition coefficient (Wildman–Crippen LogP) is 4.27. The second-order valence-corrected chi connectivity index (χ2v) is 8.99. The summed E-state index contributed by atoms with van der Waals surface area (Å²) < 4.78 is 6.91. The zero-order valence-corrected chi connectivity index (χ0v) is 20.2. The molecule has 1 amide bonds. The van der Waals surface area contributed by atoms with Crippen LogP contribution in [0, 0.1) is 0 Å². The molecule has 0 aliphatic rings. The standard InChI is InChI=1S/C26H31N3O3S/c1-19(21-13-8-5-9-14-21)27-24(30)15-10-16-33-26-28-23(18-32-3)22(25(31)29(26)2)17-20-11-6-4-7-12-20/h4-9,11-14,19H,10,15-18H2,1-3H3,(H,27,30). The highest BCUT2D eigenvalue weighted by Crippen LogP contribution is 2.19. The second-order valence-electron chi connectivity index (χ2n) is 7.93. The van der Waals surface area contributed by atoms with Gasteiger partial charge in [0.15, 0.2) is 5.16 Å². The van der Waals surface area contributed by atoms with Crippen LogP contribution in [-0.4, -0.2) is 28.3 Å². The summed E-state index contributed by atoms with van der Waals surface area (Å²) in [6, 6.07) is 19.8. The number of hydrogen-bond donors (Lipinski definition) is 1. The van der Waals surface area contributed by atoms with Crippen molar-refractivity contribution < 1.29 is 9.53 Å². The molecule has 1 N–H and O–H groups in total. The monoisotopic (exact) mass is 465 g/mol. The van der Waals surface area contributed by atoms with E-state index in [1.54, 1.807) is 18.7 Å². The Morgan fingerprint density at radius 1 is 1.12 bits per heavy atom. The predicted molar refractivity (Wildman–Crippen MR) is 132 cm³/mol. The molecule has 1 heterocycles. The van der Waals surface area contributed by atoms with E-state index < -0.39 is 0 Å². The molecule has 0 saturated carbocycles. The molecular weight excluding hydrogens is 434 g/mol. The fourth-order valence-corrected chi connectivity index (χ4v) is 4.49. The number of thioether (sulfide) groups is 1. The number of methoxy groups -OCH3 is 1. The summed E-state index contributed by atoms with van der Waals surface area (Å²) in [5.74, 6) is 0.713. The van der Waals surface area contributed by atoms with E-state index in [-0.39, 0.29) is 24.1 Å². The molecule has 0 aliphatic heterocycles. The quantitative estimate of drug-likeness (QED) is 0.260. The summed E-state index contributed by atoms with van der Waals surface area (Å²) in [6.07, 6.45) is 1.64. The maximum atomic E-state index is 13.1. The van der Waals surface area contributed by atoms with E-state index in [2.05, 4.69) is 5.32 Å². The van der Waals surface area contributed by atoms with E-state index in [0.29, 0.717) is 41.4 Å². The fraction of sp³-hybridized carbons (Fsp3) is 0.346. The molecule has 7 heteroatoms. The van der Waals surface area contributed by atoms with Gasteiger partial charge >= 0.3 is 0 Å². The van der Waals surface area contributed by atoms with Crippen LogP contribution in [0.15, 0.2) is 70.6 Å². The van der Waals surface area contributed by atoms with Crippen molar-refractivity contribution in [3.8, 4) is 0 Å². The third-order valence-electron chi connectivity index (χ3n) is 5.39. The first kappa shape index (κ1) is 24.7. The summed E-state index contributed by atoms with van der Waals surface area (Å²) in [5, 5.41) is 3.68. The summed E-state index contributed by atoms with van der Waals surface area (Å²) in [6.45, 7) is 2.27. The Balaban J connectivity index is 1.59. The molecule has 1 atom stereocenters. The number of carbonyl (C=O) groups is 1. The van der Waals surface area contributed by atoms with Gasteiger partial charge in [0.2, 0.25) is 5.91 Å². The van der Waals surface area contributed by atoms with Gasteiger partial charge in [-0.05, 0) is 24.5 Å². The van der Waals surface area contributed by atoms with Gasteiger partial charge in [0.25, 0.3) is 5.56 Å². The lowest BCUT2D eigenvalue weighted by atomic mass is 10.0. The van der Waals surface area contributed by atoms with Crippen LogP contribution in [0.25, 0.3) is 0 Å². The Morgan fingerprint density at radius 2 is 1.79 bits per heavy atom. The van der Waals surface area contributed by atoms with Gasteiger partial charge in [-0.25, -0.2) is 4.98 Å². The molecular formula is C26H31N3O3S. The minimum atomic E-state index is -0.0576. The van der Waals surface area contributed by atoms with Gasteiger partial charge in [-0.3, -0.25) is 14.2 Å². The van der Waals surface area contributed by atoms with E-state index in [9.17, 15) is 9.59 Å². The number of ether oxygens (including phenoxy) is 1. The van der Waals surface area contributed by atoms with Gasteiger partial charge in [0.05, 0.1) is 18.3 Å². The van der Waals surface area contributed by atoms with Crippen LogP contribution in [-0.2, 0) is 29.6 Å². The topological polar surface area (TPSA) is 73.2 Å². The number of rotatable bonds is 11. The van der Waals surface area contributed by atoms with Crippen molar-refractivity contribution in [2.45, 2.75) is 44.0 Å². The van der Waals surface area contributed by atoms with Crippen molar-refractivity contribution in [3.05, 3.63) is 93.4 Å². The van der Waals surface area contributed by atoms with Crippen LogP contribution in [0.2, 0.25) is 0 Å². The lowest BCUT2D eigenvalue weighted by Crippen LogP contribution is -2.27. The lowest BCUT2D eigenvalue weighted by Gasteiger charge is -2.15. The van der Waals surface area contributed by atoms with Crippen LogP contribution >= 0.6 is 11.8 Å². The molecule has 3 rings (SSSR count). The van der Waals surface area contributed by atoms with E-state index in [4.69, 9.17) is 9.72 Å². The van der Waals surface area contributed by atoms with Gasteiger partial charge in [-0.15, -0.1) is 0 Å². The molecule has 0 fully saturated rings. The molecule has 0 aliphatic carbocycles. The van der Waals surface area contributed by atoms with Crippen LogP contribution < -0.4 is 10.9 Å². The van der Waals surface area contributed by atoms with Gasteiger partial charge in [0, 0.05) is 38.3 Å². The zero-order valence-electron chi connectivity index (χ0n) is 19.4.